The smallest absolute Gasteiger partial charge is 0.181 e. The van der Waals surface area contributed by atoms with Crippen LogP contribution in [-0.2, 0) is 11.2 Å². The Hall–Kier alpha value is -1.85. The van der Waals surface area contributed by atoms with E-state index in [1.54, 1.807) is 6.39 Å². The van der Waals surface area contributed by atoms with Gasteiger partial charge in [0.15, 0.2) is 12.2 Å². The summed E-state index contributed by atoms with van der Waals surface area (Å²) >= 11 is 0. The van der Waals surface area contributed by atoms with E-state index in [0.717, 1.165) is 81.0 Å². The average Bonchev–Trinajstić information content (AvgIpc) is 3.35. The van der Waals surface area contributed by atoms with Gasteiger partial charge in [0.25, 0.3) is 0 Å². The molecular weight excluding hydrogens is 316 g/mol. The molecule has 1 aliphatic heterocycles. The molecule has 4 rings (SSSR count). The lowest BCUT2D eigenvalue weighted by Gasteiger charge is -2.26. The van der Waals surface area contributed by atoms with Crippen molar-refractivity contribution >= 4 is 0 Å². The van der Waals surface area contributed by atoms with Crippen molar-refractivity contribution in [3.8, 4) is 17.1 Å². The fourth-order valence-electron chi connectivity index (χ4n) is 3.27. The van der Waals surface area contributed by atoms with E-state index in [1.165, 1.54) is 12.8 Å². The summed E-state index contributed by atoms with van der Waals surface area (Å²) in [5.74, 6) is 2.59. The second-order valence-electron chi connectivity index (χ2n) is 6.96. The topological polar surface area (TPSA) is 47.7 Å². The van der Waals surface area contributed by atoms with Gasteiger partial charge in [-0.3, -0.25) is 4.90 Å². The number of aromatic nitrogens is 1. The molecule has 2 aromatic rings. The van der Waals surface area contributed by atoms with E-state index in [9.17, 15) is 0 Å². The van der Waals surface area contributed by atoms with E-state index in [0.29, 0.717) is 0 Å². The van der Waals surface area contributed by atoms with Crippen LogP contribution in [0.1, 0.15) is 25.0 Å². The molecule has 2 fully saturated rings. The molecule has 0 N–H and O–H groups in total. The van der Waals surface area contributed by atoms with Gasteiger partial charge in [0.05, 0.1) is 25.5 Å². The second kappa shape index (κ2) is 8.02. The van der Waals surface area contributed by atoms with Crippen LogP contribution in [0.2, 0.25) is 0 Å². The first kappa shape index (κ1) is 16.6. The highest BCUT2D eigenvalue weighted by molar-refractivity contribution is 5.61. The third-order valence-electron chi connectivity index (χ3n) is 4.91. The van der Waals surface area contributed by atoms with E-state index in [1.807, 2.05) is 12.1 Å². The minimum Gasteiger partial charge on any atom is -0.494 e. The molecule has 134 valence electrons. The largest absolute Gasteiger partial charge is 0.494 e. The summed E-state index contributed by atoms with van der Waals surface area (Å²) in [7, 11) is 0. The van der Waals surface area contributed by atoms with Crippen molar-refractivity contribution in [1.29, 1.82) is 0 Å². The van der Waals surface area contributed by atoms with E-state index in [-0.39, 0.29) is 0 Å². The van der Waals surface area contributed by atoms with Crippen LogP contribution in [0, 0.1) is 5.92 Å². The molecule has 0 radical (unpaired) electrons. The molecule has 0 atom stereocenters. The summed E-state index contributed by atoms with van der Waals surface area (Å²) < 4.78 is 17.0. The predicted octanol–water partition coefficient (Wildman–Crippen LogP) is 3.40. The van der Waals surface area contributed by atoms with Crippen molar-refractivity contribution in [3.63, 3.8) is 0 Å². The predicted molar refractivity (Wildman–Crippen MR) is 95.7 cm³/mol. The summed E-state index contributed by atoms with van der Waals surface area (Å²) in [6.07, 6.45) is 6.25. The zero-order valence-electron chi connectivity index (χ0n) is 14.7. The van der Waals surface area contributed by atoms with Gasteiger partial charge in [0, 0.05) is 25.2 Å². The summed E-state index contributed by atoms with van der Waals surface area (Å²) in [4.78, 5) is 6.84. The molecule has 1 saturated heterocycles. The van der Waals surface area contributed by atoms with E-state index in [4.69, 9.17) is 13.9 Å². The number of hydrogen-bond donors (Lipinski definition) is 0. The van der Waals surface area contributed by atoms with Gasteiger partial charge < -0.3 is 13.9 Å². The number of rotatable bonds is 8. The number of benzene rings is 1. The Morgan fingerprint density at radius 1 is 1.20 bits per heavy atom. The number of oxazole rings is 1. The molecule has 5 nitrogen and oxygen atoms in total. The Morgan fingerprint density at radius 2 is 2.08 bits per heavy atom. The molecule has 0 spiro atoms. The normalized spacial score (nSPS) is 18.4. The highest BCUT2D eigenvalue weighted by Crippen LogP contribution is 2.35. The quantitative estimate of drug-likeness (QED) is 0.688. The van der Waals surface area contributed by atoms with Crippen molar-refractivity contribution in [2.75, 3.05) is 39.5 Å². The summed E-state index contributed by atoms with van der Waals surface area (Å²) in [5.41, 5.74) is 2.13. The van der Waals surface area contributed by atoms with Crippen molar-refractivity contribution in [1.82, 2.24) is 9.88 Å². The fraction of sp³-hybridized carbons (Fsp3) is 0.550. The second-order valence-corrected chi connectivity index (χ2v) is 6.96. The van der Waals surface area contributed by atoms with Gasteiger partial charge in [-0.1, -0.05) is 12.1 Å². The zero-order chi connectivity index (χ0) is 16.9. The number of morpholine rings is 1. The van der Waals surface area contributed by atoms with Crippen molar-refractivity contribution in [2.45, 2.75) is 25.7 Å². The Bertz CT molecular complexity index is 675. The SMILES string of the molecule is c1cc(OCCCN2CCOCC2)cc(-c2ocnc2CC2CC2)c1. The standard InChI is InChI=1S/C20H26N2O3/c1-3-17(20-19(21-15-25-20)13-16-5-6-16)14-18(4-1)24-10-2-7-22-8-11-23-12-9-22/h1,3-4,14-16H,2,5-13H2. The molecule has 0 unspecified atom stereocenters. The van der Waals surface area contributed by atoms with E-state index < -0.39 is 0 Å². The molecule has 1 aromatic carbocycles. The van der Waals surface area contributed by atoms with Crippen molar-refractivity contribution in [2.24, 2.45) is 5.92 Å². The Labute approximate surface area is 148 Å². The van der Waals surface area contributed by atoms with Crippen molar-refractivity contribution < 1.29 is 13.9 Å². The third-order valence-corrected chi connectivity index (χ3v) is 4.91. The van der Waals surface area contributed by atoms with Crippen LogP contribution in [0.5, 0.6) is 5.75 Å². The van der Waals surface area contributed by atoms with Crippen LogP contribution in [-0.4, -0.2) is 49.3 Å². The molecule has 2 heterocycles. The number of nitrogens with zero attached hydrogens (tertiary/aromatic N) is 2. The maximum atomic E-state index is 5.95. The Morgan fingerprint density at radius 3 is 2.92 bits per heavy atom. The van der Waals surface area contributed by atoms with Gasteiger partial charge in [0.1, 0.15) is 5.75 Å². The molecule has 1 aromatic heterocycles. The minimum atomic E-state index is 0.728. The first-order chi connectivity index (χ1) is 12.4. The molecule has 0 bridgehead atoms. The molecule has 0 amide bonds. The monoisotopic (exact) mass is 342 g/mol. The van der Waals surface area contributed by atoms with Gasteiger partial charge in [-0.2, -0.15) is 0 Å². The molecule has 2 aliphatic rings. The third kappa shape index (κ3) is 4.61. The van der Waals surface area contributed by atoms with Gasteiger partial charge >= 0.3 is 0 Å². The van der Waals surface area contributed by atoms with E-state index >= 15 is 0 Å². The lowest BCUT2D eigenvalue weighted by molar-refractivity contribution is 0.0358. The summed E-state index contributed by atoms with van der Waals surface area (Å²) in [5, 5.41) is 0. The van der Waals surface area contributed by atoms with Crippen LogP contribution >= 0.6 is 0 Å². The summed E-state index contributed by atoms with van der Waals surface area (Å²) in [6, 6.07) is 8.16. The fourth-order valence-corrected chi connectivity index (χ4v) is 3.27. The average molecular weight is 342 g/mol. The van der Waals surface area contributed by atoms with Crippen molar-refractivity contribution in [3.05, 3.63) is 36.4 Å². The Balaban J connectivity index is 1.31. The maximum absolute atomic E-state index is 5.95. The van der Waals surface area contributed by atoms with E-state index in [2.05, 4.69) is 22.0 Å². The Kier molecular flexibility index (Phi) is 5.33. The number of hydrogen-bond acceptors (Lipinski definition) is 5. The molecule has 1 aliphatic carbocycles. The molecule has 5 heteroatoms. The lowest BCUT2D eigenvalue weighted by atomic mass is 10.1. The first-order valence-corrected chi connectivity index (χ1v) is 9.34. The molecule has 25 heavy (non-hydrogen) atoms. The van der Waals surface area contributed by atoms with Gasteiger partial charge in [0.2, 0.25) is 0 Å². The highest BCUT2D eigenvalue weighted by Gasteiger charge is 2.25. The highest BCUT2D eigenvalue weighted by atomic mass is 16.5. The molecule has 1 saturated carbocycles. The minimum absolute atomic E-state index is 0.728. The first-order valence-electron chi connectivity index (χ1n) is 9.34. The van der Waals surface area contributed by atoms with Crippen LogP contribution in [0.3, 0.4) is 0 Å². The van der Waals surface area contributed by atoms with Gasteiger partial charge in [-0.05, 0) is 43.7 Å². The lowest BCUT2D eigenvalue weighted by Crippen LogP contribution is -2.37. The van der Waals surface area contributed by atoms with Crippen LogP contribution < -0.4 is 4.74 Å². The van der Waals surface area contributed by atoms with Crippen LogP contribution in [0.15, 0.2) is 35.1 Å². The summed E-state index contributed by atoms with van der Waals surface area (Å²) in [6.45, 7) is 5.56. The maximum Gasteiger partial charge on any atom is 0.181 e. The van der Waals surface area contributed by atoms with Gasteiger partial charge in [-0.25, -0.2) is 4.98 Å². The van der Waals surface area contributed by atoms with Gasteiger partial charge in [-0.15, -0.1) is 0 Å². The zero-order valence-corrected chi connectivity index (χ0v) is 14.7. The van der Waals surface area contributed by atoms with Crippen LogP contribution in [0.4, 0.5) is 0 Å². The molecular formula is C20H26N2O3. The number of ether oxygens (including phenoxy) is 2. The van der Waals surface area contributed by atoms with Crippen LogP contribution in [0.25, 0.3) is 11.3 Å².